The summed E-state index contributed by atoms with van der Waals surface area (Å²) in [6.07, 6.45) is 9.53. The van der Waals surface area contributed by atoms with E-state index in [2.05, 4.69) is 38.7 Å². The lowest BCUT2D eigenvalue weighted by Crippen LogP contribution is -2.48. The third-order valence-electron chi connectivity index (χ3n) is 7.87. The fourth-order valence-corrected chi connectivity index (χ4v) is 5.83. The number of nitrogens with zero attached hydrogens (tertiary/aromatic N) is 5. The van der Waals surface area contributed by atoms with Gasteiger partial charge in [0.2, 0.25) is 0 Å². The van der Waals surface area contributed by atoms with Crippen molar-refractivity contribution in [1.29, 1.82) is 0 Å². The number of pyridine rings is 1. The quantitative estimate of drug-likeness (QED) is 0.867. The van der Waals surface area contributed by atoms with Gasteiger partial charge in [0.15, 0.2) is 0 Å². The van der Waals surface area contributed by atoms with Gasteiger partial charge in [0.05, 0.1) is 5.69 Å². The zero-order valence-corrected chi connectivity index (χ0v) is 17.6. The smallest absolute Gasteiger partial charge is 0.126 e. The van der Waals surface area contributed by atoms with Crippen molar-refractivity contribution in [3.63, 3.8) is 0 Å². The predicted molar refractivity (Wildman–Crippen MR) is 115 cm³/mol. The summed E-state index contributed by atoms with van der Waals surface area (Å²) < 4.78 is 2.56. The minimum atomic E-state index is 0.613. The first kappa shape index (κ1) is 17.9. The molecule has 2 aromatic rings. The molecule has 4 fully saturated rings. The molecule has 3 aliphatic carbocycles. The van der Waals surface area contributed by atoms with Crippen molar-refractivity contribution in [2.24, 2.45) is 11.8 Å². The molecule has 0 radical (unpaired) electrons. The Morgan fingerprint density at radius 1 is 1.07 bits per heavy atom. The summed E-state index contributed by atoms with van der Waals surface area (Å²) in [5.41, 5.74) is 9.12. The number of aryl methyl sites for hydroxylation is 1. The maximum Gasteiger partial charge on any atom is 0.126 e. The standard InChI is InChI=1S/C23H32N6/c1-14-9-16(12-25-22(14)24)20-13-29(23(26-20)15-3-4-15)21-18-10-17(11-19(18)21)28-7-5-27(2)6-8-28/h9,12-13,15,17-19,21H,3-8,10-11H2,1-2H3,(H2,24,25)/t17?,18-,19+,21+. The van der Waals surface area contributed by atoms with Gasteiger partial charge in [0, 0.05) is 62.1 Å². The van der Waals surface area contributed by atoms with E-state index in [1.807, 2.05) is 13.1 Å². The molecular weight excluding hydrogens is 360 g/mol. The third kappa shape index (κ3) is 3.08. The Morgan fingerprint density at radius 2 is 1.79 bits per heavy atom. The highest BCUT2D eigenvalue weighted by Gasteiger charge is 2.58. The SMILES string of the molecule is Cc1cc(-c2cn([C@H]3[C@@H]4CC(N5CCN(C)CC5)C[C@@H]43)c(C3CC3)n2)cnc1N. The molecule has 2 aromatic heterocycles. The zero-order chi connectivity index (χ0) is 19.7. The highest BCUT2D eigenvalue weighted by Crippen LogP contribution is 2.62. The number of hydrogen-bond donors (Lipinski definition) is 1. The van der Waals surface area contributed by atoms with Crippen LogP contribution in [0.25, 0.3) is 11.3 Å². The van der Waals surface area contributed by atoms with E-state index in [0.717, 1.165) is 34.7 Å². The van der Waals surface area contributed by atoms with Crippen molar-refractivity contribution < 1.29 is 0 Å². The molecule has 29 heavy (non-hydrogen) atoms. The molecule has 4 aliphatic rings. The molecule has 0 bridgehead atoms. The number of anilines is 1. The summed E-state index contributed by atoms with van der Waals surface area (Å²) in [6.45, 7) is 6.96. The normalized spacial score (nSPS) is 32.5. The number of likely N-dealkylation sites (N-methyl/N-ethyl adjacent to an activating group) is 1. The molecule has 0 aromatic carbocycles. The average molecular weight is 393 g/mol. The summed E-state index contributed by atoms with van der Waals surface area (Å²) in [4.78, 5) is 14.7. The largest absolute Gasteiger partial charge is 0.383 e. The number of piperazine rings is 1. The average Bonchev–Trinajstić information content (AvgIpc) is 3.59. The molecule has 0 spiro atoms. The maximum absolute atomic E-state index is 5.92. The number of nitrogen functional groups attached to an aromatic ring is 1. The van der Waals surface area contributed by atoms with Crippen LogP contribution in [-0.4, -0.2) is 63.6 Å². The Kier molecular flexibility index (Phi) is 4.04. The molecule has 1 unspecified atom stereocenters. The van der Waals surface area contributed by atoms with Gasteiger partial charge in [-0.05, 0) is 63.1 Å². The summed E-state index contributed by atoms with van der Waals surface area (Å²) in [6, 6.07) is 3.62. The van der Waals surface area contributed by atoms with Crippen LogP contribution in [0.5, 0.6) is 0 Å². The van der Waals surface area contributed by atoms with E-state index >= 15 is 0 Å². The van der Waals surface area contributed by atoms with Gasteiger partial charge < -0.3 is 15.2 Å². The van der Waals surface area contributed by atoms with E-state index in [1.165, 1.54) is 57.7 Å². The van der Waals surface area contributed by atoms with Crippen molar-refractivity contribution in [2.45, 2.75) is 50.6 Å². The molecule has 3 heterocycles. The van der Waals surface area contributed by atoms with E-state index in [0.29, 0.717) is 17.8 Å². The Morgan fingerprint density at radius 3 is 2.45 bits per heavy atom. The Bertz CT molecular complexity index is 911. The number of aromatic nitrogens is 3. The fourth-order valence-electron chi connectivity index (χ4n) is 5.83. The van der Waals surface area contributed by atoms with Gasteiger partial charge >= 0.3 is 0 Å². The Balaban J connectivity index is 1.21. The van der Waals surface area contributed by atoms with Crippen LogP contribution < -0.4 is 5.73 Å². The van der Waals surface area contributed by atoms with Crippen molar-refractivity contribution in [3.8, 4) is 11.3 Å². The number of imidazole rings is 1. The van der Waals surface area contributed by atoms with Crippen LogP contribution in [0.2, 0.25) is 0 Å². The van der Waals surface area contributed by atoms with E-state index in [4.69, 9.17) is 10.7 Å². The molecule has 6 nitrogen and oxygen atoms in total. The van der Waals surface area contributed by atoms with Crippen LogP contribution in [0.15, 0.2) is 18.5 Å². The number of nitrogens with two attached hydrogens (primary N) is 1. The molecule has 0 amide bonds. The lowest BCUT2D eigenvalue weighted by molar-refractivity contribution is 0.105. The van der Waals surface area contributed by atoms with Gasteiger partial charge in [-0.15, -0.1) is 0 Å². The van der Waals surface area contributed by atoms with Crippen molar-refractivity contribution in [1.82, 2.24) is 24.3 Å². The first-order valence-electron chi connectivity index (χ1n) is 11.3. The van der Waals surface area contributed by atoms with Crippen LogP contribution in [0, 0.1) is 18.8 Å². The first-order valence-corrected chi connectivity index (χ1v) is 11.3. The molecular formula is C23H32N6. The number of fused-ring (bicyclic) bond motifs is 1. The second-order valence-corrected chi connectivity index (χ2v) is 9.87. The minimum Gasteiger partial charge on any atom is -0.383 e. The van der Waals surface area contributed by atoms with E-state index in [1.54, 1.807) is 0 Å². The second-order valence-electron chi connectivity index (χ2n) is 9.87. The van der Waals surface area contributed by atoms with Gasteiger partial charge in [-0.25, -0.2) is 9.97 Å². The highest BCUT2D eigenvalue weighted by atomic mass is 15.3. The lowest BCUT2D eigenvalue weighted by atomic mass is 10.1. The molecule has 6 heteroatoms. The van der Waals surface area contributed by atoms with Crippen LogP contribution in [0.4, 0.5) is 5.82 Å². The summed E-state index contributed by atoms with van der Waals surface area (Å²) >= 11 is 0. The van der Waals surface area contributed by atoms with Crippen molar-refractivity contribution in [3.05, 3.63) is 29.8 Å². The predicted octanol–water partition coefficient (Wildman–Crippen LogP) is 2.91. The lowest BCUT2D eigenvalue weighted by Gasteiger charge is -2.37. The van der Waals surface area contributed by atoms with Crippen LogP contribution in [0.3, 0.4) is 0 Å². The Labute approximate surface area is 173 Å². The van der Waals surface area contributed by atoms with Gasteiger partial charge in [-0.2, -0.15) is 0 Å². The van der Waals surface area contributed by atoms with Crippen LogP contribution >= 0.6 is 0 Å². The van der Waals surface area contributed by atoms with E-state index in [9.17, 15) is 0 Å². The summed E-state index contributed by atoms with van der Waals surface area (Å²) in [5.74, 6) is 4.31. The number of hydrogen-bond acceptors (Lipinski definition) is 5. The zero-order valence-electron chi connectivity index (χ0n) is 17.6. The monoisotopic (exact) mass is 392 g/mol. The van der Waals surface area contributed by atoms with Crippen molar-refractivity contribution in [2.75, 3.05) is 39.0 Å². The number of rotatable bonds is 4. The Hall–Kier alpha value is -1.92. The molecule has 4 atom stereocenters. The molecule has 154 valence electrons. The maximum atomic E-state index is 5.92. The van der Waals surface area contributed by atoms with Gasteiger partial charge in [-0.1, -0.05) is 0 Å². The fraction of sp³-hybridized carbons (Fsp3) is 0.652. The van der Waals surface area contributed by atoms with Gasteiger partial charge in [0.25, 0.3) is 0 Å². The summed E-state index contributed by atoms with van der Waals surface area (Å²) in [5, 5.41) is 0. The topological polar surface area (TPSA) is 63.2 Å². The first-order chi connectivity index (χ1) is 14.1. The molecule has 1 saturated heterocycles. The third-order valence-corrected chi connectivity index (χ3v) is 7.87. The highest BCUT2D eigenvalue weighted by molar-refractivity contribution is 5.61. The van der Waals surface area contributed by atoms with Gasteiger partial charge in [0.1, 0.15) is 11.6 Å². The van der Waals surface area contributed by atoms with Crippen LogP contribution in [-0.2, 0) is 0 Å². The molecule has 6 rings (SSSR count). The van der Waals surface area contributed by atoms with Crippen LogP contribution in [0.1, 0.15) is 49.0 Å². The molecule has 1 aliphatic heterocycles. The molecule has 2 N–H and O–H groups in total. The minimum absolute atomic E-state index is 0.613. The van der Waals surface area contributed by atoms with E-state index < -0.39 is 0 Å². The summed E-state index contributed by atoms with van der Waals surface area (Å²) in [7, 11) is 2.24. The van der Waals surface area contributed by atoms with Crippen molar-refractivity contribution >= 4 is 5.82 Å². The molecule has 3 saturated carbocycles. The van der Waals surface area contributed by atoms with Gasteiger partial charge in [-0.3, -0.25) is 4.90 Å². The second kappa shape index (κ2) is 6.54. The van der Waals surface area contributed by atoms with E-state index in [-0.39, 0.29) is 0 Å².